The zero-order valence-corrected chi connectivity index (χ0v) is 15.2. The highest BCUT2D eigenvalue weighted by atomic mass is 19.3. The first-order chi connectivity index (χ1) is 12.1. The van der Waals surface area contributed by atoms with E-state index in [9.17, 15) is 4.79 Å². The van der Waals surface area contributed by atoms with Crippen molar-refractivity contribution < 1.29 is 18.3 Å². The van der Waals surface area contributed by atoms with Crippen molar-refractivity contribution in [2.75, 3.05) is 5.32 Å². The van der Waals surface area contributed by atoms with Crippen LogP contribution in [0.4, 0.5) is 19.3 Å². The van der Waals surface area contributed by atoms with E-state index in [1.165, 1.54) is 17.9 Å². The van der Waals surface area contributed by atoms with Gasteiger partial charge in [0.2, 0.25) is 5.82 Å². The predicted octanol–water partition coefficient (Wildman–Crippen LogP) is 3.99. The number of alkyl halides is 2. The molecule has 140 valence electrons. The molecule has 0 unspecified atom stereocenters. The molecule has 1 aliphatic carbocycles. The summed E-state index contributed by atoms with van der Waals surface area (Å²) in [6, 6.07) is 6.51. The van der Waals surface area contributed by atoms with Gasteiger partial charge < -0.3 is 9.30 Å². The molecule has 1 saturated carbocycles. The third-order valence-electron chi connectivity index (χ3n) is 4.40. The maximum atomic E-state index is 15.2. The number of carbonyl (C=O) groups is 1. The topological polar surface area (TPSA) is 69.0 Å². The van der Waals surface area contributed by atoms with Crippen LogP contribution in [-0.4, -0.2) is 26.5 Å². The molecule has 0 atom stereocenters. The van der Waals surface area contributed by atoms with Gasteiger partial charge in [0.05, 0.1) is 5.41 Å². The lowest BCUT2D eigenvalue weighted by Crippen LogP contribution is -2.34. The standard InChI is InChI=1S/C18H22F2N4O2/c1-16(2,3)26-15(25)22-13-7-5-6-12(10-13)17(8-9-17)18(19,20)14-23-21-11-24(14)4/h5-7,10-11H,8-9H2,1-4H3,(H,22,25). The number of carbonyl (C=O) groups excluding carboxylic acids is 1. The summed E-state index contributed by atoms with van der Waals surface area (Å²) in [6.07, 6.45) is 1.31. The van der Waals surface area contributed by atoms with Crippen LogP contribution in [0.15, 0.2) is 30.6 Å². The second-order valence-corrected chi connectivity index (χ2v) is 7.63. The highest BCUT2D eigenvalue weighted by molar-refractivity contribution is 5.85. The minimum atomic E-state index is -3.16. The number of nitrogens with zero attached hydrogens (tertiary/aromatic N) is 3. The minimum Gasteiger partial charge on any atom is -0.444 e. The lowest BCUT2D eigenvalue weighted by molar-refractivity contribution is -0.0574. The van der Waals surface area contributed by atoms with Crippen LogP contribution in [0.3, 0.4) is 0 Å². The fourth-order valence-corrected chi connectivity index (χ4v) is 3.01. The van der Waals surface area contributed by atoms with Gasteiger partial charge in [0.15, 0.2) is 0 Å². The van der Waals surface area contributed by atoms with E-state index in [0.717, 1.165) is 0 Å². The van der Waals surface area contributed by atoms with Crippen LogP contribution in [0, 0.1) is 0 Å². The van der Waals surface area contributed by atoms with E-state index in [2.05, 4.69) is 15.5 Å². The van der Waals surface area contributed by atoms with Gasteiger partial charge in [0.25, 0.3) is 0 Å². The quantitative estimate of drug-likeness (QED) is 0.891. The van der Waals surface area contributed by atoms with E-state index in [0.29, 0.717) is 24.1 Å². The van der Waals surface area contributed by atoms with E-state index >= 15 is 8.78 Å². The summed E-state index contributed by atoms with van der Waals surface area (Å²) < 4.78 is 36.8. The van der Waals surface area contributed by atoms with Crippen molar-refractivity contribution in [3.8, 4) is 0 Å². The summed E-state index contributed by atoms with van der Waals surface area (Å²) >= 11 is 0. The highest BCUT2D eigenvalue weighted by Gasteiger charge is 2.65. The van der Waals surface area contributed by atoms with Gasteiger partial charge >= 0.3 is 12.0 Å². The van der Waals surface area contributed by atoms with Gasteiger partial charge in [-0.05, 0) is 51.3 Å². The Hall–Kier alpha value is -2.51. The molecule has 1 fully saturated rings. The number of amides is 1. The van der Waals surface area contributed by atoms with Crippen LogP contribution in [0.1, 0.15) is 45.0 Å². The number of hydrogen-bond acceptors (Lipinski definition) is 4. The molecule has 0 radical (unpaired) electrons. The number of hydrogen-bond donors (Lipinski definition) is 1. The average molecular weight is 364 g/mol. The Morgan fingerprint density at radius 2 is 2.00 bits per heavy atom. The van der Waals surface area contributed by atoms with Crippen molar-refractivity contribution in [1.29, 1.82) is 0 Å². The van der Waals surface area contributed by atoms with Crippen LogP contribution in [0.2, 0.25) is 0 Å². The Labute approximate surface area is 150 Å². The summed E-state index contributed by atoms with van der Waals surface area (Å²) in [4.78, 5) is 11.9. The van der Waals surface area contributed by atoms with Crippen molar-refractivity contribution >= 4 is 11.8 Å². The van der Waals surface area contributed by atoms with Crippen LogP contribution < -0.4 is 5.32 Å². The van der Waals surface area contributed by atoms with Crippen molar-refractivity contribution in [3.05, 3.63) is 42.0 Å². The van der Waals surface area contributed by atoms with Gasteiger partial charge in [0.1, 0.15) is 11.9 Å². The number of nitrogens with one attached hydrogen (secondary N) is 1. The van der Waals surface area contributed by atoms with Gasteiger partial charge in [0, 0.05) is 12.7 Å². The number of halogens is 2. The number of ether oxygens (including phenoxy) is 1. The third-order valence-corrected chi connectivity index (χ3v) is 4.40. The monoisotopic (exact) mass is 364 g/mol. The summed E-state index contributed by atoms with van der Waals surface area (Å²) in [5.41, 5.74) is -1.10. The van der Waals surface area contributed by atoms with E-state index in [1.807, 2.05) is 0 Å². The maximum Gasteiger partial charge on any atom is 0.412 e. The van der Waals surface area contributed by atoms with E-state index in [-0.39, 0.29) is 5.82 Å². The van der Waals surface area contributed by atoms with Gasteiger partial charge in [-0.2, -0.15) is 8.78 Å². The minimum absolute atomic E-state index is 0.336. The van der Waals surface area contributed by atoms with Gasteiger partial charge in [-0.25, -0.2) is 4.79 Å². The molecule has 1 N–H and O–H groups in total. The first-order valence-corrected chi connectivity index (χ1v) is 8.38. The smallest absolute Gasteiger partial charge is 0.412 e. The molecule has 1 heterocycles. The molecule has 26 heavy (non-hydrogen) atoms. The average Bonchev–Trinajstić information content (AvgIpc) is 3.22. The Bertz CT molecular complexity index is 823. The molecule has 6 nitrogen and oxygen atoms in total. The first-order valence-electron chi connectivity index (χ1n) is 8.38. The first kappa shape index (κ1) is 18.3. The molecule has 0 bridgehead atoms. The lowest BCUT2D eigenvalue weighted by atomic mass is 9.88. The van der Waals surface area contributed by atoms with Crippen LogP contribution >= 0.6 is 0 Å². The number of aryl methyl sites for hydroxylation is 1. The van der Waals surface area contributed by atoms with E-state index < -0.39 is 23.0 Å². The number of anilines is 1. The molecular weight excluding hydrogens is 342 g/mol. The summed E-state index contributed by atoms with van der Waals surface area (Å²) in [5.74, 6) is -3.52. The van der Waals surface area contributed by atoms with Crippen LogP contribution in [-0.2, 0) is 23.1 Å². The SMILES string of the molecule is Cn1cnnc1C(F)(F)C1(c2cccc(NC(=O)OC(C)(C)C)c2)CC1. The second-order valence-electron chi connectivity index (χ2n) is 7.63. The zero-order chi connectivity index (χ0) is 19.2. The van der Waals surface area contributed by atoms with Crippen molar-refractivity contribution in [1.82, 2.24) is 14.8 Å². The van der Waals surface area contributed by atoms with Gasteiger partial charge in [-0.3, -0.25) is 5.32 Å². The molecule has 1 aromatic carbocycles. The van der Waals surface area contributed by atoms with Gasteiger partial charge in [-0.1, -0.05) is 12.1 Å². The largest absolute Gasteiger partial charge is 0.444 e. The molecular formula is C18H22F2N4O2. The summed E-state index contributed by atoms with van der Waals surface area (Å²) in [6.45, 7) is 5.26. The molecule has 3 rings (SSSR count). The Kier molecular flexibility index (Phi) is 4.24. The molecule has 1 aliphatic rings. The van der Waals surface area contributed by atoms with Crippen molar-refractivity contribution in [2.24, 2.45) is 7.05 Å². The van der Waals surface area contributed by atoms with Crippen LogP contribution in [0.5, 0.6) is 0 Å². The van der Waals surface area contributed by atoms with E-state index in [1.54, 1.807) is 45.0 Å². The molecule has 8 heteroatoms. The Morgan fingerprint density at radius 1 is 1.31 bits per heavy atom. The maximum absolute atomic E-state index is 15.2. The van der Waals surface area contributed by atoms with Crippen molar-refractivity contribution in [2.45, 2.75) is 50.6 Å². The Morgan fingerprint density at radius 3 is 2.54 bits per heavy atom. The lowest BCUT2D eigenvalue weighted by Gasteiger charge is -2.26. The molecule has 0 aliphatic heterocycles. The molecule has 1 aromatic heterocycles. The number of aromatic nitrogens is 3. The fraction of sp³-hybridized carbons (Fsp3) is 0.500. The molecule has 0 spiro atoms. The highest BCUT2D eigenvalue weighted by Crippen LogP contribution is 2.62. The summed E-state index contributed by atoms with van der Waals surface area (Å²) in [7, 11) is 1.50. The van der Waals surface area contributed by atoms with Crippen molar-refractivity contribution in [3.63, 3.8) is 0 Å². The third kappa shape index (κ3) is 3.27. The number of rotatable bonds is 4. The second kappa shape index (κ2) is 6.03. The van der Waals surface area contributed by atoms with Gasteiger partial charge in [-0.15, -0.1) is 10.2 Å². The predicted molar refractivity (Wildman–Crippen MR) is 92.1 cm³/mol. The molecule has 1 amide bonds. The normalized spacial score (nSPS) is 16.2. The Balaban J connectivity index is 1.86. The van der Waals surface area contributed by atoms with E-state index in [4.69, 9.17) is 4.74 Å². The zero-order valence-electron chi connectivity index (χ0n) is 15.2. The number of benzene rings is 1. The molecule has 2 aromatic rings. The molecule has 0 saturated heterocycles. The summed E-state index contributed by atoms with van der Waals surface area (Å²) in [5, 5.41) is 9.77. The fourth-order valence-electron chi connectivity index (χ4n) is 3.01. The van der Waals surface area contributed by atoms with Crippen LogP contribution in [0.25, 0.3) is 0 Å².